The lowest BCUT2D eigenvalue weighted by atomic mass is 10.1. The first-order valence-corrected chi connectivity index (χ1v) is 7.59. The van der Waals surface area contributed by atoms with Crippen LogP contribution < -0.4 is 5.32 Å². The third-order valence-electron chi connectivity index (χ3n) is 3.13. The number of hydrogen-bond acceptors (Lipinski definition) is 3. The Morgan fingerprint density at radius 2 is 1.92 bits per heavy atom. The highest BCUT2D eigenvalue weighted by atomic mass is 79.9. The summed E-state index contributed by atoms with van der Waals surface area (Å²) in [5.74, 6) is -1.49. The fourth-order valence-corrected chi connectivity index (χ4v) is 2.69. The molecule has 0 atom stereocenters. The molecule has 126 valence electrons. The minimum absolute atomic E-state index is 0.102. The lowest BCUT2D eigenvalue weighted by molar-refractivity contribution is -0.137. The number of benzene rings is 1. The minimum Gasteiger partial charge on any atom is -0.344 e. The van der Waals surface area contributed by atoms with E-state index in [1.54, 1.807) is 13.0 Å². The first kappa shape index (κ1) is 18.1. The van der Waals surface area contributed by atoms with Gasteiger partial charge in [0, 0.05) is 10.7 Å². The standard InChI is InChI=1S/C16H12BrF3N2O2/c1-9-6-12(17)14(21-7-9)13(23)8-22-15(24)10-4-2-3-5-11(10)16(18,19)20/h2-7H,8H2,1H3,(H,22,24). The molecule has 4 nitrogen and oxygen atoms in total. The van der Waals surface area contributed by atoms with Crippen molar-refractivity contribution in [2.75, 3.05) is 6.54 Å². The maximum Gasteiger partial charge on any atom is 0.417 e. The Labute approximate surface area is 144 Å². The highest BCUT2D eigenvalue weighted by molar-refractivity contribution is 9.10. The Hall–Kier alpha value is -2.22. The van der Waals surface area contributed by atoms with E-state index < -0.39 is 35.5 Å². The maximum atomic E-state index is 12.9. The normalized spacial score (nSPS) is 11.2. The molecule has 0 unspecified atom stereocenters. The summed E-state index contributed by atoms with van der Waals surface area (Å²) >= 11 is 3.19. The molecule has 0 radical (unpaired) electrons. The van der Waals surface area contributed by atoms with E-state index in [1.807, 2.05) is 0 Å². The second-order valence-electron chi connectivity index (χ2n) is 4.99. The molecule has 8 heteroatoms. The number of rotatable bonds is 4. The van der Waals surface area contributed by atoms with Gasteiger partial charge in [-0.25, -0.2) is 0 Å². The molecule has 1 amide bonds. The topological polar surface area (TPSA) is 59.1 Å². The van der Waals surface area contributed by atoms with E-state index in [9.17, 15) is 22.8 Å². The summed E-state index contributed by atoms with van der Waals surface area (Å²) in [5.41, 5.74) is -0.648. The van der Waals surface area contributed by atoms with Crippen molar-refractivity contribution in [3.05, 3.63) is 63.4 Å². The van der Waals surface area contributed by atoms with Crippen LogP contribution in [-0.2, 0) is 6.18 Å². The molecule has 0 fully saturated rings. The first-order valence-electron chi connectivity index (χ1n) is 6.80. The van der Waals surface area contributed by atoms with Crippen molar-refractivity contribution in [3.63, 3.8) is 0 Å². The molecule has 2 rings (SSSR count). The lowest BCUT2D eigenvalue weighted by Crippen LogP contribution is -2.31. The van der Waals surface area contributed by atoms with Crippen LogP contribution in [0.15, 0.2) is 41.0 Å². The molecule has 0 aliphatic heterocycles. The summed E-state index contributed by atoms with van der Waals surface area (Å²) < 4.78 is 39.2. The summed E-state index contributed by atoms with van der Waals surface area (Å²) in [4.78, 5) is 28.0. The van der Waals surface area contributed by atoms with Gasteiger partial charge in [-0.15, -0.1) is 0 Å². The SMILES string of the molecule is Cc1cnc(C(=O)CNC(=O)c2ccccc2C(F)(F)F)c(Br)c1. The van der Waals surface area contributed by atoms with Gasteiger partial charge in [0.2, 0.25) is 5.78 Å². The van der Waals surface area contributed by atoms with E-state index in [-0.39, 0.29) is 5.69 Å². The van der Waals surface area contributed by atoms with Crippen molar-refractivity contribution >= 4 is 27.6 Å². The molecule has 1 aromatic heterocycles. The molecule has 0 saturated heterocycles. The quantitative estimate of drug-likeness (QED) is 0.794. The van der Waals surface area contributed by atoms with Crippen molar-refractivity contribution < 1.29 is 22.8 Å². The van der Waals surface area contributed by atoms with Crippen molar-refractivity contribution in [1.29, 1.82) is 0 Å². The van der Waals surface area contributed by atoms with Gasteiger partial charge in [-0.1, -0.05) is 12.1 Å². The zero-order chi connectivity index (χ0) is 17.9. The Kier molecular flexibility index (Phi) is 5.38. The van der Waals surface area contributed by atoms with Gasteiger partial charge in [0.05, 0.1) is 17.7 Å². The fourth-order valence-electron chi connectivity index (χ4n) is 2.01. The smallest absolute Gasteiger partial charge is 0.344 e. The molecule has 0 aliphatic rings. The Bertz CT molecular complexity index is 791. The molecular formula is C16H12BrF3N2O2. The van der Waals surface area contributed by atoms with Gasteiger partial charge in [0.1, 0.15) is 5.69 Å². The number of carbonyl (C=O) groups is 2. The third kappa shape index (κ3) is 4.19. The number of nitrogens with one attached hydrogen (secondary N) is 1. The summed E-state index contributed by atoms with van der Waals surface area (Å²) in [6.07, 6.45) is -3.17. The second kappa shape index (κ2) is 7.12. The second-order valence-corrected chi connectivity index (χ2v) is 5.85. The van der Waals surface area contributed by atoms with Gasteiger partial charge in [0.15, 0.2) is 0 Å². The Balaban J connectivity index is 2.13. The van der Waals surface area contributed by atoms with Gasteiger partial charge in [-0.3, -0.25) is 14.6 Å². The molecule has 0 aliphatic carbocycles. The van der Waals surface area contributed by atoms with Gasteiger partial charge in [-0.2, -0.15) is 13.2 Å². The summed E-state index contributed by atoms with van der Waals surface area (Å²) in [6.45, 7) is 1.33. The number of ketones is 1. The molecule has 1 aromatic carbocycles. The average Bonchev–Trinajstić information content (AvgIpc) is 2.51. The molecule has 1 heterocycles. The van der Waals surface area contributed by atoms with E-state index in [0.29, 0.717) is 4.47 Å². The number of amides is 1. The average molecular weight is 401 g/mol. The molecule has 2 aromatic rings. The number of pyridine rings is 1. The minimum atomic E-state index is -4.65. The summed E-state index contributed by atoms with van der Waals surface area (Å²) in [5, 5.41) is 2.20. The van der Waals surface area contributed by atoms with Crippen LogP contribution >= 0.6 is 15.9 Å². The van der Waals surface area contributed by atoms with Crippen LogP contribution in [-0.4, -0.2) is 23.2 Å². The van der Waals surface area contributed by atoms with Gasteiger partial charge in [0.25, 0.3) is 5.91 Å². The highest BCUT2D eigenvalue weighted by Crippen LogP contribution is 2.31. The molecular weight excluding hydrogens is 389 g/mol. The molecule has 0 spiro atoms. The van der Waals surface area contributed by atoms with Crippen LogP contribution in [0.5, 0.6) is 0 Å². The Morgan fingerprint density at radius 1 is 1.25 bits per heavy atom. The van der Waals surface area contributed by atoms with E-state index >= 15 is 0 Å². The molecule has 0 saturated carbocycles. The third-order valence-corrected chi connectivity index (χ3v) is 3.73. The highest BCUT2D eigenvalue weighted by Gasteiger charge is 2.34. The van der Waals surface area contributed by atoms with Gasteiger partial charge < -0.3 is 5.32 Å². The molecule has 1 N–H and O–H groups in total. The fraction of sp³-hybridized carbons (Fsp3) is 0.188. The van der Waals surface area contributed by atoms with Crippen LogP contribution in [0.2, 0.25) is 0 Å². The number of aromatic nitrogens is 1. The number of aryl methyl sites for hydroxylation is 1. The van der Waals surface area contributed by atoms with Gasteiger partial charge >= 0.3 is 6.18 Å². The van der Waals surface area contributed by atoms with E-state index in [1.165, 1.54) is 18.3 Å². The van der Waals surface area contributed by atoms with Crippen molar-refractivity contribution in [2.45, 2.75) is 13.1 Å². The lowest BCUT2D eigenvalue weighted by Gasteiger charge is -2.12. The van der Waals surface area contributed by atoms with E-state index in [0.717, 1.165) is 17.7 Å². The van der Waals surface area contributed by atoms with Crippen molar-refractivity contribution in [2.24, 2.45) is 0 Å². The number of Topliss-reactive ketones (excluding diaryl/α,β-unsaturated/α-hetero) is 1. The van der Waals surface area contributed by atoms with E-state index in [2.05, 4.69) is 26.2 Å². The Morgan fingerprint density at radius 3 is 2.54 bits per heavy atom. The van der Waals surface area contributed by atoms with Crippen LogP contribution in [0.4, 0.5) is 13.2 Å². The zero-order valence-electron chi connectivity index (χ0n) is 12.4. The predicted molar refractivity (Wildman–Crippen MR) is 84.8 cm³/mol. The maximum absolute atomic E-state index is 12.9. The van der Waals surface area contributed by atoms with Crippen molar-refractivity contribution in [1.82, 2.24) is 10.3 Å². The van der Waals surface area contributed by atoms with Gasteiger partial charge in [-0.05, 0) is 46.6 Å². The van der Waals surface area contributed by atoms with Crippen LogP contribution in [0.1, 0.15) is 32.0 Å². The monoisotopic (exact) mass is 400 g/mol. The molecule has 24 heavy (non-hydrogen) atoms. The van der Waals surface area contributed by atoms with Crippen molar-refractivity contribution in [3.8, 4) is 0 Å². The number of nitrogens with zero attached hydrogens (tertiary/aromatic N) is 1. The number of hydrogen-bond donors (Lipinski definition) is 1. The molecule has 0 bridgehead atoms. The first-order chi connectivity index (χ1) is 11.2. The number of carbonyl (C=O) groups excluding carboxylic acids is 2. The van der Waals surface area contributed by atoms with E-state index in [4.69, 9.17) is 0 Å². The summed E-state index contributed by atoms with van der Waals surface area (Å²) in [7, 11) is 0. The number of halogens is 4. The number of alkyl halides is 3. The van der Waals surface area contributed by atoms with Crippen LogP contribution in [0, 0.1) is 6.92 Å². The summed E-state index contributed by atoms with van der Waals surface area (Å²) in [6, 6.07) is 6.07. The zero-order valence-corrected chi connectivity index (χ0v) is 14.0. The van der Waals surface area contributed by atoms with Crippen LogP contribution in [0.3, 0.4) is 0 Å². The largest absolute Gasteiger partial charge is 0.417 e. The predicted octanol–water partition coefficient (Wildman–Crippen LogP) is 3.78. The van der Waals surface area contributed by atoms with Crippen LogP contribution in [0.25, 0.3) is 0 Å².